The largest absolute Gasteiger partial charge is 0.480 e. The van der Waals surface area contributed by atoms with Crippen LogP contribution in [-0.2, 0) is 11.3 Å². The third-order valence-electron chi connectivity index (χ3n) is 2.63. The van der Waals surface area contributed by atoms with E-state index in [1.165, 1.54) is 16.8 Å². The van der Waals surface area contributed by atoms with Crippen molar-refractivity contribution in [2.75, 3.05) is 0 Å². The Kier molecular flexibility index (Phi) is 3.28. The number of carboxylic acid groups (broad SMARTS) is 1. The van der Waals surface area contributed by atoms with E-state index in [0.29, 0.717) is 5.69 Å². The molecule has 1 heterocycles. The zero-order valence-electron chi connectivity index (χ0n) is 10.1. The van der Waals surface area contributed by atoms with Crippen LogP contribution in [0.15, 0.2) is 30.5 Å². The van der Waals surface area contributed by atoms with E-state index in [9.17, 15) is 14.9 Å². The van der Waals surface area contributed by atoms with Gasteiger partial charge in [0.1, 0.15) is 6.54 Å². The van der Waals surface area contributed by atoms with Crippen molar-refractivity contribution in [3.63, 3.8) is 0 Å². The van der Waals surface area contributed by atoms with Gasteiger partial charge in [-0.1, -0.05) is 0 Å². The summed E-state index contributed by atoms with van der Waals surface area (Å²) < 4.78 is 1.33. The number of hydrogen-bond acceptors (Lipinski definition) is 4. The number of aliphatic carboxylic acids is 1. The molecule has 2 rings (SSSR count). The van der Waals surface area contributed by atoms with Gasteiger partial charge in [0.05, 0.1) is 10.6 Å². The number of carboxylic acids is 1. The summed E-state index contributed by atoms with van der Waals surface area (Å²) in [5.74, 6) is -0.974. The van der Waals surface area contributed by atoms with E-state index in [-0.39, 0.29) is 12.2 Å². The first kappa shape index (κ1) is 12.7. The number of non-ortho nitro benzene ring substituents is 1. The van der Waals surface area contributed by atoms with Crippen LogP contribution in [0.5, 0.6) is 0 Å². The predicted molar refractivity (Wildman–Crippen MR) is 66.7 cm³/mol. The lowest BCUT2D eigenvalue weighted by Gasteiger charge is -1.98. The Morgan fingerprint density at radius 3 is 2.58 bits per heavy atom. The molecule has 1 N–H and O–H groups in total. The number of nitro benzene ring substituents is 1. The maximum atomic E-state index is 10.6. The SMILES string of the molecule is Cc1nn(CC(=O)O)cc1-c1ccc([N+](=O)[O-])cc1. The molecule has 98 valence electrons. The highest BCUT2D eigenvalue weighted by atomic mass is 16.6. The van der Waals surface area contributed by atoms with Crippen molar-refractivity contribution in [3.05, 3.63) is 46.3 Å². The van der Waals surface area contributed by atoms with Gasteiger partial charge in [0.25, 0.3) is 5.69 Å². The maximum Gasteiger partial charge on any atom is 0.325 e. The molecule has 0 amide bonds. The fourth-order valence-corrected chi connectivity index (χ4v) is 1.78. The van der Waals surface area contributed by atoms with Gasteiger partial charge in [0.2, 0.25) is 0 Å². The molecule has 0 bridgehead atoms. The van der Waals surface area contributed by atoms with Gasteiger partial charge in [-0.25, -0.2) is 0 Å². The molecule has 2 aromatic rings. The Hall–Kier alpha value is -2.70. The maximum absolute atomic E-state index is 10.6. The lowest BCUT2D eigenvalue weighted by atomic mass is 10.1. The monoisotopic (exact) mass is 261 g/mol. The highest BCUT2D eigenvalue weighted by molar-refractivity contribution is 5.68. The Morgan fingerprint density at radius 2 is 2.05 bits per heavy atom. The van der Waals surface area contributed by atoms with Crippen LogP contribution in [0.2, 0.25) is 0 Å². The molecule has 0 aliphatic carbocycles. The molecule has 19 heavy (non-hydrogen) atoms. The van der Waals surface area contributed by atoms with Gasteiger partial charge in [-0.2, -0.15) is 5.10 Å². The van der Waals surface area contributed by atoms with Crippen LogP contribution in [0.1, 0.15) is 5.69 Å². The van der Waals surface area contributed by atoms with Crippen LogP contribution in [0, 0.1) is 17.0 Å². The van der Waals surface area contributed by atoms with Crippen molar-refractivity contribution in [3.8, 4) is 11.1 Å². The van der Waals surface area contributed by atoms with E-state index in [4.69, 9.17) is 5.11 Å². The summed E-state index contributed by atoms with van der Waals surface area (Å²) in [6, 6.07) is 6.05. The summed E-state index contributed by atoms with van der Waals surface area (Å²) in [5.41, 5.74) is 2.21. The first-order chi connectivity index (χ1) is 8.97. The van der Waals surface area contributed by atoms with Gasteiger partial charge in [0.15, 0.2) is 0 Å². The second-order valence-electron chi connectivity index (χ2n) is 4.02. The highest BCUT2D eigenvalue weighted by Crippen LogP contribution is 2.24. The molecule has 7 nitrogen and oxygen atoms in total. The van der Waals surface area contributed by atoms with Gasteiger partial charge in [0, 0.05) is 23.9 Å². The van der Waals surface area contributed by atoms with Gasteiger partial charge in [-0.3, -0.25) is 19.6 Å². The molecule has 0 atom stereocenters. The van der Waals surface area contributed by atoms with Gasteiger partial charge in [-0.15, -0.1) is 0 Å². The molecule has 1 aromatic carbocycles. The minimum absolute atomic E-state index is 0.0133. The number of nitro groups is 1. The fraction of sp³-hybridized carbons (Fsp3) is 0.167. The summed E-state index contributed by atoms with van der Waals surface area (Å²) in [7, 11) is 0. The Bertz CT molecular complexity index is 631. The number of benzene rings is 1. The molecule has 0 aliphatic rings. The number of carbonyl (C=O) groups is 1. The lowest BCUT2D eigenvalue weighted by Crippen LogP contribution is -2.08. The van der Waals surface area contributed by atoms with Gasteiger partial charge < -0.3 is 5.11 Å². The van der Waals surface area contributed by atoms with Crippen molar-refractivity contribution >= 4 is 11.7 Å². The summed E-state index contributed by atoms with van der Waals surface area (Å²) in [6.07, 6.45) is 1.62. The summed E-state index contributed by atoms with van der Waals surface area (Å²) >= 11 is 0. The molecule has 0 spiro atoms. The highest BCUT2D eigenvalue weighted by Gasteiger charge is 2.11. The van der Waals surface area contributed by atoms with Crippen molar-refractivity contribution in [2.45, 2.75) is 13.5 Å². The summed E-state index contributed by atoms with van der Waals surface area (Å²) in [6.45, 7) is 1.54. The van der Waals surface area contributed by atoms with Gasteiger partial charge in [-0.05, 0) is 24.6 Å². The second kappa shape index (κ2) is 4.89. The van der Waals surface area contributed by atoms with Crippen molar-refractivity contribution in [1.29, 1.82) is 0 Å². The smallest absolute Gasteiger partial charge is 0.325 e. The van der Waals surface area contributed by atoms with E-state index in [1.807, 2.05) is 0 Å². The van der Waals surface area contributed by atoms with Gasteiger partial charge >= 0.3 is 5.97 Å². The molecule has 7 heteroatoms. The zero-order chi connectivity index (χ0) is 14.0. The van der Waals surface area contributed by atoms with E-state index in [2.05, 4.69) is 5.10 Å². The molecular weight excluding hydrogens is 250 g/mol. The molecule has 0 saturated heterocycles. The summed E-state index contributed by atoms with van der Waals surface area (Å²) in [4.78, 5) is 20.7. The van der Waals surface area contributed by atoms with E-state index < -0.39 is 10.9 Å². The number of aromatic nitrogens is 2. The molecule has 0 unspecified atom stereocenters. The van der Waals surface area contributed by atoms with Crippen LogP contribution in [0.25, 0.3) is 11.1 Å². The molecule has 1 aromatic heterocycles. The molecule has 0 radical (unpaired) electrons. The standard InChI is InChI=1S/C12H11N3O4/c1-8-11(6-14(13-8)7-12(16)17)9-2-4-10(5-3-9)15(18)19/h2-6H,7H2,1H3,(H,16,17). The number of hydrogen-bond donors (Lipinski definition) is 1. The lowest BCUT2D eigenvalue weighted by molar-refractivity contribution is -0.384. The van der Waals surface area contributed by atoms with Crippen LogP contribution in [0.3, 0.4) is 0 Å². The Labute approximate surface area is 108 Å². The zero-order valence-corrected chi connectivity index (χ0v) is 10.1. The molecule has 0 saturated carbocycles. The first-order valence-corrected chi connectivity index (χ1v) is 5.48. The molecular formula is C12H11N3O4. The number of rotatable bonds is 4. The van der Waals surface area contributed by atoms with Crippen molar-refractivity contribution < 1.29 is 14.8 Å². The third kappa shape index (κ3) is 2.76. The minimum atomic E-state index is -0.974. The topological polar surface area (TPSA) is 98.3 Å². The second-order valence-corrected chi connectivity index (χ2v) is 4.02. The normalized spacial score (nSPS) is 10.4. The van der Waals surface area contributed by atoms with Crippen LogP contribution >= 0.6 is 0 Å². The van der Waals surface area contributed by atoms with E-state index >= 15 is 0 Å². The third-order valence-corrected chi connectivity index (χ3v) is 2.63. The van der Waals surface area contributed by atoms with Crippen LogP contribution in [-0.4, -0.2) is 25.8 Å². The first-order valence-electron chi connectivity index (χ1n) is 5.48. The average molecular weight is 261 g/mol. The number of nitrogens with zero attached hydrogens (tertiary/aromatic N) is 3. The average Bonchev–Trinajstić information content (AvgIpc) is 2.69. The number of aryl methyl sites for hydroxylation is 1. The fourth-order valence-electron chi connectivity index (χ4n) is 1.78. The van der Waals surface area contributed by atoms with E-state index in [1.54, 1.807) is 25.3 Å². The van der Waals surface area contributed by atoms with E-state index in [0.717, 1.165) is 11.1 Å². The quantitative estimate of drug-likeness (QED) is 0.669. The minimum Gasteiger partial charge on any atom is -0.480 e. The van der Waals surface area contributed by atoms with Crippen molar-refractivity contribution in [1.82, 2.24) is 9.78 Å². The van der Waals surface area contributed by atoms with Crippen LogP contribution < -0.4 is 0 Å². The summed E-state index contributed by atoms with van der Waals surface area (Å²) in [5, 5.41) is 23.4. The Morgan fingerprint density at radius 1 is 1.42 bits per heavy atom. The molecule has 0 fully saturated rings. The predicted octanol–water partition coefficient (Wildman–Crippen LogP) is 1.85. The van der Waals surface area contributed by atoms with Crippen molar-refractivity contribution in [2.24, 2.45) is 0 Å². The molecule has 0 aliphatic heterocycles. The Balaban J connectivity index is 2.33. The van der Waals surface area contributed by atoms with Crippen LogP contribution in [0.4, 0.5) is 5.69 Å².